The van der Waals surface area contributed by atoms with Crippen molar-refractivity contribution in [1.82, 2.24) is 9.78 Å². The molecule has 1 amide bonds. The molecule has 0 unspecified atom stereocenters. The van der Waals surface area contributed by atoms with Gasteiger partial charge in [0.05, 0.1) is 23.2 Å². The Bertz CT molecular complexity index is 1190. The smallest absolute Gasteiger partial charge is 0.263 e. The van der Waals surface area contributed by atoms with Crippen molar-refractivity contribution in [2.75, 3.05) is 23.4 Å². The van der Waals surface area contributed by atoms with Gasteiger partial charge in [0.2, 0.25) is 0 Å². The summed E-state index contributed by atoms with van der Waals surface area (Å²) in [6.45, 7) is -0.216. The van der Waals surface area contributed by atoms with Gasteiger partial charge < -0.3 is 10.1 Å². The number of halogens is 2. The number of ether oxygens (including phenoxy) is 1. The number of benzene rings is 2. The van der Waals surface area contributed by atoms with Crippen LogP contribution in [0.1, 0.15) is 12.5 Å². The molecule has 4 rings (SSSR count). The van der Waals surface area contributed by atoms with E-state index in [1.807, 2.05) is 12.1 Å². The number of nitrogens with one attached hydrogen (secondary N) is 1. The number of hydrogen-bond donors (Lipinski definition) is 1. The standard InChI is InChI=1S/C21H19Cl2N3O4S/c22-15-3-1-14(2-4-15)19-11-20(26(25-19)17-9-10-31(28,29)13-17)24-21(27)12-30-18-7-5-16(23)6-8-18/h1-8,11,17H,9-10,12-13H2,(H,24,27)/t17-/m1/s1. The van der Waals surface area contributed by atoms with Crippen LogP contribution in [0.25, 0.3) is 11.3 Å². The van der Waals surface area contributed by atoms with Crippen molar-refractivity contribution in [3.8, 4) is 17.0 Å². The zero-order valence-electron chi connectivity index (χ0n) is 16.3. The maximum atomic E-state index is 12.5. The van der Waals surface area contributed by atoms with Gasteiger partial charge in [-0.25, -0.2) is 13.1 Å². The number of rotatable bonds is 6. The molecule has 0 radical (unpaired) electrons. The molecule has 0 aliphatic carbocycles. The van der Waals surface area contributed by atoms with E-state index >= 15 is 0 Å². The van der Waals surface area contributed by atoms with Gasteiger partial charge in [0, 0.05) is 21.7 Å². The minimum absolute atomic E-state index is 0.0150. The summed E-state index contributed by atoms with van der Waals surface area (Å²) < 4.78 is 31.0. The third kappa shape index (κ3) is 5.39. The van der Waals surface area contributed by atoms with Crippen LogP contribution in [0, 0.1) is 0 Å². The molecule has 0 bridgehead atoms. The highest BCUT2D eigenvalue weighted by Gasteiger charge is 2.31. The molecule has 10 heteroatoms. The van der Waals surface area contributed by atoms with Crippen molar-refractivity contribution in [3.63, 3.8) is 0 Å². The van der Waals surface area contributed by atoms with Gasteiger partial charge in [0.1, 0.15) is 11.6 Å². The second-order valence-corrected chi connectivity index (χ2v) is 10.3. The lowest BCUT2D eigenvalue weighted by atomic mass is 10.1. The molecule has 162 valence electrons. The predicted octanol–water partition coefficient (Wildman–Crippen LogP) is 4.23. The summed E-state index contributed by atoms with van der Waals surface area (Å²) in [4.78, 5) is 12.5. The third-order valence-electron chi connectivity index (χ3n) is 4.88. The second-order valence-electron chi connectivity index (χ2n) is 7.21. The highest BCUT2D eigenvalue weighted by molar-refractivity contribution is 7.91. The van der Waals surface area contributed by atoms with E-state index in [1.54, 1.807) is 47.1 Å². The van der Waals surface area contributed by atoms with Crippen LogP contribution in [0.2, 0.25) is 10.0 Å². The van der Waals surface area contributed by atoms with E-state index in [-0.39, 0.29) is 30.1 Å². The summed E-state index contributed by atoms with van der Waals surface area (Å²) in [5.41, 5.74) is 1.41. The monoisotopic (exact) mass is 479 g/mol. The topological polar surface area (TPSA) is 90.3 Å². The number of aromatic nitrogens is 2. The maximum absolute atomic E-state index is 12.5. The number of anilines is 1. The van der Waals surface area contributed by atoms with Crippen molar-refractivity contribution in [1.29, 1.82) is 0 Å². The largest absolute Gasteiger partial charge is 0.484 e. The van der Waals surface area contributed by atoms with Gasteiger partial charge in [0.25, 0.3) is 5.91 Å². The molecule has 31 heavy (non-hydrogen) atoms. The van der Waals surface area contributed by atoms with E-state index in [9.17, 15) is 13.2 Å². The first-order valence-electron chi connectivity index (χ1n) is 9.53. The average molecular weight is 480 g/mol. The summed E-state index contributed by atoms with van der Waals surface area (Å²) in [5.74, 6) is 0.618. The fourth-order valence-corrected chi connectivity index (χ4v) is 5.30. The average Bonchev–Trinajstić information content (AvgIpc) is 3.31. The lowest BCUT2D eigenvalue weighted by molar-refractivity contribution is -0.118. The van der Waals surface area contributed by atoms with Crippen LogP contribution in [-0.2, 0) is 14.6 Å². The molecule has 3 aromatic rings. The minimum atomic E-state index is -3.13. The van der Waals surface area contributed by atoms with E-state index < -0.39 is 9.84 Å². The molecular formula is C21H19Cl2N3O4S. The van der Waals surface area contributed by atoms with Gasteiger partial charge in [0.15, 0.2) is 16.4 Å². The number of carbonyl (C=O) groups excluding carboxylic acids is 1. The quantitative estimate of drug-likeness (QED) is 0.570. The van der Waals surface area contributed by atoms with E-state index in [2.05, 4.69) is 10.4 Å². The fraction of sp³-hybridized carbons (Fsp3) is 0.238. The van der Waals surface area contributed by atoms with E-state index in [0.717, 1.165) is 5.56 Å². The zero-order chi connectivity index (χ0) is 22.0. The fourth-order valence-electron chi connectivity index (χ4n) is 3.35. The first-order chi connectivity index (χ1) is 14.8. The lowest BCUT2D eigenvalue weighted by Gasteiger charge is -2.14. The second kappa shape index (κ2) is 8.90. The first kappa shape index (κ1) is 21.7. The van der Waals surface area contributed by atoms with Crippen molar-refractivity contribution in [3.05, 3.63) is 64.6 Å². The van der Waals surface area contributed by atoms with Crippen LogP contribution in [0.5, 0.6) is 5.75 Å². The molecule has 7 nitrogen and oxygen atoms in total. The third-order valence-corrected chi connectivity index (χ3v) is 7.14. The van der Waals surface area contributed by atoms with Crippen molar-refractivity contribution < 1.29 is 17.9 Å². The highest BCUT2D eigenvalue weighted by atomic mass is 35.5. The Labute approximate surface area is 189 Å². The number of sulfone groups is 1. The summed E-state index contributed by atoms with van der Waals surface area (Å²) in [7, 11) is -3.13. The molecule has 2 aromatic carbocycles. The SMILES string of the molecule is O=C(COc1ccc(Cl)cc1)Nc1cc(-c2ccc(Cl)cc2)nn1[C@@H]1CCS(=O)(=O)C1. The Morgan fingerprint density at radius 2 is 1.74 bits per heavy atom. The van der Waals surface area contributed by atoms with Crippen LogP contribution in [0.3, 0.4) is 0 Å². The molecule has 2 heterocycles. The van der Waals surface area contributed by atoms with Gasteiger partial charge in [-0.15, -0.1) is 0 Å². The molecule has 1 saturated heterocycles. The molecule has 0 saturated carbocycles. The van der Waals surface area contributed by atoms with E-state index in [0.29, 0.717) is 33.7 Å². The van der Waals surface area contributed by atoms with E-state index in [4.69, 9.17) is 27.9 Å². The number of amides is 1. The van der Waals surface area contributed by atoms with Gasteiger partial charge in [-0.1, -0.05) is 35.3 Å². The van der Waals surface area contributed by atoms with Gasteiger partial charge >= 0.3 is 0 Å². The Balaban J connectivity index is 1.55. The minimum Gasteiger partial charge on any atom is -0.484 e. The molecule has 1 fully saturated rings. The first-order valence-corrected chi connectivity index (χ1v) is 12.1. The van der Waals surface area contributed by atoms with Crippen LogP contribution in [-0.4, -0.2) is 42.2 Å². The summed E-state index contributed by atoms with van der Waals surface area (Å²) in [5, 5.41) is 8.53. The van der Waals surface area contributed by atoms with Crippen LogP contribution in [0.15, 0.2) is 54.6 Å². The van der Waals surface area contributed by atoms with Gasteiger partial charge in [-0.05, 0) is 42.8 Å². The lowest BCUT2D eigenvalue weighted by Crippen LogP contribution is -2.23. The Hall–Kier alpha value is -2.55. The highest BCUT2D eigenvalue weighted by Crippen LogP contribution is 2.30. The van der Waals surface area contributed by atoms with Gasteiger partial charge in [-0.2, -0.15) is 5.10 Å². The van der Waals surface area contributed by atoms with Gasteiger partial charge in [-0.3, -0.25) is 4.79 Å². The molecule has 0 spiro atoms. The molecule has 1 N–H and O–H groups in total. The normalized spacial score (nSPS) is 17.4. The molecular weight excluding hydrogens is 461 g/mol. The van der Waals surface area contributed by atoms with Crippen molar-refractivity contribution in [2.45, 2.75) is 12.5 Å². The summed E-state index contributed by atoms with van der Waals surface area (Å²) in [6.07, 6.45) is 0.439. The van der Waals surface area contributed by atoms with Crippen LogP contribution >= 0.6 is 23.2 Å². The molecule has 1 aliphatic heterocycles. The number of hydrogen-bond acceptors (Lipinski definition) is 5. The maximum Gasteiger partial charge on any atom is 0.263 e. The van der Waals surface area contributed by atoms with Crippen molar-refractivity contribution >= 4 is 44.8 Å². The molecule has 1 aliphatic rings. The molecule has 1 atom stereocenters. The Kier molecular flexibility index (Phi) is 6.22. The number of carbonyl (C=O) groups is 1. The number of nitrogens with zero attached hydrogens (tertiary/aromatic N) is 2. The predicted molar refractivity (Wildman–Crippen MR) is 121 cm³/mol. The van der Waals surface area contributed by atoms with Crippen LogP contribution < -0.4 is 10.1 Å². The molecule has 1 aromatic heterocycles. The summed E-state index contributed by atoms with van der Waals surface area (Å²) in [6, 6.07) is 15.2. The summed E-state index contributed by atoms with van der Waals surface area (Å²) >= 11 is 11.8. The Morgan fingerprint density at radius 1 is 1.10 bits per heavy atom. The van der Waals surface area contributed by atoms with Crippen LogP contribution in [0.4, 0.5) is 5.82 Å². The van der Waals surface area contributed by atoms with E-state index in [1.165, 1.54) is 0 Å². The Morgan fingerprint density at radius 3 is 2.35 bits per heavy atom. The van der Waals surface area contributed by atoms with Crippen molar-refractivity contribution in [2.24, 2.45) is 0 Å². The zero-order valence-corrected chi connectivity index (χ0v) is 18.6.